The summed E-state index contributed by atoms with van der Waals surface area (Å²) in [6.07, 6.45) is -4.59. The van der Waals surface area contributed by atoms with E-state index in [1.807, 2.05) is 0 Å². The fraction of sp³-hybridized carbons (Fsp3) is 0.286. The van der Waals surface area contributed by atoms with Gasteiger partial charge >= 0.3 is 13.3 Å². The van der Waals surface area contributed by atoms with Gasteiger partial charge in [0.05, 0.1) is 7.11 Å². The van der Waals surface area contributed by atoms with Gasteiger partial charge in [-0.15, -0.1) is 0 Å². The summed E-state index contributed by atoms with van der Waals surface area (Å²) >= 11 is 0. The Hall–Kier alpha value is -1.28. The van der Waals surface area contributed by atoms with Crippen molar-refractivity contribution < 1.29 is 28.0 Å². The first-order valence-corrected chi connectivity index (χ1v) is 3.84. The Morgan fingerprint density at radius 1 is 1.33 bits per heavy atom. The number of hydrogen-bond donors (Lipinski definition) is 2. The van der Waals surface area contributed by atoms with E-state index in [1.165, 1.54) is 0 Å². The molecule has 0 radical (unpaired) electrons. The minimum absolute atomic E-state index is 0.217. The number of ether oxygens (including phenoxy) is 1. The molecule has 1 heterocycles. The van der Waals surface area contributed by atoms with Crippen molar-refractivity contribution in [2.75, 3.05) is 7.11 Å². The topological polar surface area (TPSA) is 62.6 Å². The van der Waals surface area contributed by atoms with Crippen molar-refractivity contribution in [2.24, 2.45) is 0 Å². The third kappa shape index (κ3) is 2.60. The SMILES string of the molecule is COc1nc(C(F)(F)F)ccc1B(O)O. The zero-order valence-corrected chi connectivity index (χ0v) is 7.62. The first kappa shape index (κ1) is 11.8. The summed E-state index contributed by atoms with van der Waals surface area (Å²) in [5.41, 5.74) is -1.37. The standard InChI is InChI=1S/C7H7BF3NO3/c1-15-6-4(8(13)14)2-3-5(12-6)7(9,10)11/h2-3,13-14H,1H3. The molecule has 0 aliphatic heterocycles. The van der Waals surface area contributed by atoms with Crippen LogP contribution in [-0.4, -0.2) is 29.3 Å². The first-order valence-electron chi connectivity index (χ1n) is 3.84. The molecule has 0 aliphatic carbocycles. The number of pyridine rings is 1. The molecule has 0 atom stereocenters. The molecule has 0 amide bonds. The highest BCUT2D eigenvalue weighted by molar-refractivity contribution is 6.59. The van der Waals surface area contributed by atoms with Crippen LogP contribution in [-0.2, 0) is 6.18 Å². The van der Waals surface area contributed by atoms with Crippen LogP contribution in [0.4, 0.5) is 13.2 Å². The van der Waals surface area contributed by atoms with Crippen LogP contribution in [0, 0.1) is 0 Å². The lowest BCUT2D eigenvalue weighted by Crippen LogP contribution is -2.32. The number of rotatable bonds is 2. The van der Waals surface area contributed by atoms with Crippen LogP contribution in [0.15, 0.2) is 12.1 Å². The Morgan fingerprint density at radius 2 is 1.93 bits per heavy atom. The van der Waals surface area contributed by atoms with Gasteiger partial charge in [0, 0.05) is 5.46 Å². The van der Waals surface area contributed by atoms with E-state index >= 15 is 0 Å². The second-order valence-electron chi connectivity index (χ2n) is 2.67. The van der Waals surface area contributed by atoms with Crippen LogP contribution in [0.1, 0.15) is 5.69 Å². The molecule has 1 rings (SSSR count). The average molecular weight is 221 g/mol. The summed E-state index contributed by atoms with van der Waals surface area (Å²) in [5.74, 6) is -0.458. The Morgan fingerprint density at radius 3 is 2.33 bits per heavy atom. The summed E-state index contributed by atoms with van der Waals surface area (Å²) < 4.78 is 41.1. The van der Waals surface area contributed by atoms with Gasteiger partial charge in [-0.25, -0.2) is 4.98 Å². The first-order chi connectivity index (χ1) is 6.86. The normalized spacial score (nSPS) is 11.3. The summed E-state index contributed by atoms with van der Waals surface area (Å²) in [6, 6.07) is 1.55. The largest absolute Gasteiger partial charge is 0.494 e. The smallest absolute Gasteiger partial charge is 0.481 e. The number of hydrogen-bond acceptors (Lipinski definition) is 4. The van der Waals surface area contributed by atoms with Crippen molar-refractivity contribution >= 4 is 12.6 Å². The van der Waals surface area contributed by atoms with E-state index < -0.39 is 24.9 Å². The van der Waals surface area contributed by atoms with Crippen LogP contribution < -0.4 is 10.2 Å². The van der Waals surface area contributed by atoms with Crippen molar-refractivity contribution in [2.45, 2.75) is 6.18 Å². The highest BCUT2D eigenvalue weighted by Crippen LogP contribution is 2.28. The molecule has 0 saturated heterocycles. The molecule has 82 valence electrons. The highest BCUT2D eigenvalue weighted by Gasteiger charge is 2.34. The summed E-state index contributed by atoms with van der Waals surface area (Å²) in [5, 5.41) is 17.6. The zero-order chi connectivity index (χ0) is 11.6. The minimum Gasteiger partial charge on any atom is -0.481 e. The fourth-order valence-corrected chi connectivity index (χ4v) is 0.969. The lowest BCUT2D eigenvalue weighted by Gasteiger charge is -2.10. The van der Waals surface area contributed by atoms with Crippen LogP contribution in [0.5, 0.6) is 5.88 Å². The molecule has 1 aromatic heterocycles. The van der Waals surface area contributed by atoms with Gasteiger partial charge in [0.1, 0.15) is 5.69 Å². The van der Waals surface area contributed by atoms with Crippen LogP contribution in [0.3, 0.4) is 0 Å². The monoisotopic (exact) mass is 221 g/mol. The van der Waals surface area contributed by atoms with E-state index in [0.717, 1.165) is 13.2 Å². The molecule has 15 heavy (non-hydrogen) atoms. The predicted octanol–water partition coefficient (Wildman–Crippen LogP) is -0.211. The second-order valence-corrected chi connectivity index (χ2v) is 2.67. The number of alkyl halides is 3. The molecule has 0 aliphatic rings. The van der Waals surface area contributed by atoms with Gasteiger partial charge in [-0.05, 0) is 6.07 Å². The van der Waals surface area contributed by atoms with E-state index in [2.05, 4.69) is 9.72 Å². The Bertz CT molecular complexity index is 356. The summed E-state index contributed by atoms with van der Waals surface area (Å²) in [7, 11) is -0.830. The van der Waals surface area contributed by atoms with Gasteiger partial charge in [-0.3, -0.25) is 0 Å². The van der Waals surface area contributed by atoms with Gasteiger partial charge in [0.25, 0.3) is 0 Å². The fourth-order valence-electron chi connectivity index (χ4n) is 0.969. The van der Waals surface area contributed by atoms with E-state index in [4.69, 9.17) is 10.0 Å². The number of aromatic nitrogens is 1. The van der Waals surface area contributed by atoms with Crippen molar-refractivity contribution in [1.29, 1.82) is 0 Å². The number of methoxy groups -OCH3 is 1. The lowest BCUT2D eigenvalue weighted by molar-refractivity contribution is -0.141. The van der Waals surface area contributed by atoms with Crippen LogP contribution in [0.25, 0.3) is 0 Å². The van der Waals surface area contributed by atoms with Crippen LogP contribution in [0.2, 0.25) is 0 Å². The van der Waals surface area contributed by atoms with Crippen molar-refractivity contribution in [3.05, 3.63) is 17.8 Å². The number of nitrogens with zero attached hydrogens (tertiary/aromatic N) is 1. The van der Waals surface area contributed by atoms with Crippen molar-refractivity contribution in [3.63, 3.8) is 0 Å². The summed E-state index contributed by atoms with van der Waals surface area (Å²) in [4.78, 5) is 3.12. The van der Waals surface area contributed by atoms with E-state index in [0.29, 0.717) is 6.07 Å². The Balaban J connectivity index is 3.19. The molecule has 0 fully saturated rings. The molecule has 0 bridgehead atoms. The van der Waals surface area contributed by atoms with Crippen molar-refractivity contribution in [1.82, 2.24) is 4.98 Å². The molecular weight excluding hydrogens is 214 g/mol. The highest BCUT2D eigenvalue weighted by atomic mass is 19.4. The maximum atomic E-state index is 12.2. The molecule has 8 heteroatoms. The van der Waals surface area contributed by atoms with E-state index in [9.17, 15) is 13.2 Å². The van der Waals surface area contributed by atoms with Crippen molar-refractivity contribution in [3.8, 4) is 5.88 Å². The molecule has 0 unspecified atom stereocenters. The molecule has 0 aromatic carbocycles. The zero-order valence-electron chi connectivity index (χ0n) is 7.62. The molecule has 1 aromatic rings. The molecule has 0 spiro atoms. The average Bonchev–Trinajstić information content (AvgIpc) is 2.15. The van der Waals surface area contributed by atoms with Crippen LogP contribution >= 0.6 is 0 Å². The maximum absolute atomic E-state index is 12.2. The quantitative estimate of drug-likeness (QED) is 0.678. The minimum atomic E-state index is -4.59. The van der Waals surface area contributed by atoms with Gasteiger partial charge in [-0.2, -0.15) is 13.2 Å². The van der Waals surface area contributed by atoms with Gasteiger partial charge in [0.2, 0.25) is 5.88 Å². The second kappa shape index (κ2) is 4.07. The number of halogens is 3. The van der Waals surface area contributed by atoms with Gasteiger partial charge in [-0.1, -0.05) is 6.07 Å². The Labute approximate surface area is 83.5 Å². The van der Waals surface area contributed by atoms with E-state index in [-0.39, 0.29) is 5.46 Å². The third-order valence-electron chi connectivity index (χ3n) is 1.65. The Kier molecular flexibility index (Phi) is 3.20. The lowest BCUT2D eigenvalue weighted by atomic mass is 9.81. The molecule has 4 nitrogen and oxygen atoms in total. The molecule has 2 N–H and O–H groups in total. The third-order valence-corrected chi connectivity index (χ3v) is 1.65. The maximum Gasteiger partial charge on any atom is 0.494 e. The molecular formula is C7H7BF3NO3. The molecule has 0 saturated carbocycles. The van der Waals surface area contributed by atoms with E-state index in [1.54, 1.807) is 0 Å². The van der Waals surface area contributed by atoms with Gasteiger partial charge < -0.3 is 14.8 Å². The van der Waals surface area contributed by atoms with Gasteiger partial charge in [0.15, 0.2) is 0 Å². The predicted molar refractivity (Wildman–Crippen MR) is 45.6 cm³/mol. The summed E-state index contributed by atoms with van der Waals surface area (Å²) in [6.45, 7) is 0.